The summed E-state index contributed by atoms with van der Waals surface area (Å²) in [4.78, 5) is 0. The Kier molecular flexibility index (Phi) is 4.37. The number of rotatable bonds is 5. The molecule has 2 aromatic rings. The van der Waals surface area contributed by atoms with Crippen molar-refractivity contribution in [1.82, 2.24) is 0 Å². The van der Waals surface area contributed by atoms with Gasteiger partial charge in [0.05, 0.1) is 7.11 Å². The molecule has 1 atom stereocenters. The Labute approximate surface area is 109 Å². The van der Waals surface area contributed by atoms with Gasteiger partial charge in [-0.1, -0.05) is 42.5 Å². The molecule has 2 rings (SSSR count). The second-order valence-corrected chi connectivity index (χ2v) is 4.49. The molecule has 2 nitrogen and oxygen atoms in total. The second-order valence-electron chi connectivity index (χ2n) is 4.49. The SMILES string of the molecule is COc1cccc(C[NH2+][C@H](C)c2ccccc2)c1. The van der Waals surface area contributed by atoms with Gasteiger partial charge >= 0.3 is 0 Å². The van der Waals surface area contributed by atoms with E-state index in [1.165, 1.54) is 11.1 Å². The van der Waals surface area contributed by atoms with E-state index < -0.39 is 0 Å². The lowest BCUT2D eigenvalue weighted by Gasteiger charge is -2.11. The van der Waals surface area contributed by atoms with E-state index in [0.717, 1.165) is 12.3 Å². The third-order valence-electron chi connectivity index (χ3n) is 3.17. The van der Waals surface area contributed by atoms with E-state index in [2.05, 4.69) is 54.7 Å². The van der Waals surface area contributed by atoms with E-state index in [9.17, 15) is 0 Å². The predicted molar refractivity (Wildman–Crippen MR) is 73.5 cm³/mol. The Morgan fingerprint density at radius 1 is 1.06 bits per heavy atom. The Morgan fingerprint density at radius 2 is 1.83 bits per heavy atom. The van der Waals surface area contributed by atoms with Gasteiger partial charge in [0, 0.05) is 11.1 Å². The first-order valence-corrected chi connectivity index (χ1v) is 6.31. The maximum atomic E-state index is 5.23. The van der Waals surface area contributed by atoms with Gasteiger partial charge in [-0.05, 0) is 19.1 Å². The van der Waals surface area contributed by atoms with Gasteiger partial charge in [-0.2, -0.15) is 0 Å². The van der Waals surface area contributed by atoms with E-state index in [1.807, 2.05) is 12.1 Å². The molecule has 0 aliphatic carbocycles. The number of benzene rings is 2. The fourth-order valence-electron chi connectivity index (χ4n) is 2.00. The van der Waals surface area contributed by atoms with Crippen molar-refractivity contribution in [2.45, 2.75) is 19.5 Å². The van der Waals surface area contributed by atoms with Gasteiger partial charge in [0.2, 0.25) is 0 Å². The normalized spacial score (nSPS) is 12.1. The van der Waals surface area contributed by atoms with Crippen molar-refractivity contribution < 1.29 is 10.1 Å². The van der Waals surface area contributed by atoms with Crippen molar-refractivity contribution in [3.8, 4) is 5.75 Å². The number of ether oxygens (including phenoxy) is 1. The second kappa shape index (κ2) is 6.22. The molecule has 0 aliphatic rings. The Balaban J connectivity index is 1.95. The summed E-state index contributed by atoms with van der Waals surface area (Å²) in [6.07, 6.45) is 0. The summed E-state index contributed by atoms with van der Waals surface area (Å²) in [7, 11) is 1.70. The fraction of sp³-hybridized carbons (Fsp3) is 0.250. The van der Waals surface area contributed by atoms with Gasteiger partial charge in [0.1, 0.15) is 18.3 Å². The molecule has 0 spiro atoms. The number of hydrogen-bond donors (Lipinski definition) is 1. The zero-order valence-corrected chi connectivity index (χ0v) is 11.0. The minimum Gasteiger partial charge on any atom is -0.497 e. The van der Waals surface area contributed by atoms with E-state index in [-0.39, 0.29) is 0 Å². The van der Waals surface area contributed by atoms with Crippen molar-refractivity contribution in [2.24, 2.45) is 0 Å². The highest BCUT2D eigenvalue weighted by Gasteiger charge is 2.07. The molecule has 0 saturated carbocycles. The first-order valence-electron chi connectivity index (χ1n) is 6.31. The zero-order valence-electron chi connectivity index (χ0n) is 11.0. The third-order valence-corrected chi connectivity index (χ3v) is 3.17. The highest BCUT2D eigenvalue weighted by Crippen LogP contribution is 2.12. The van der Waals surface area contributed by atoms with Crippen LogP contribution in [-0.2, 0) is 6.54 Å². The molecule has 0 heterocycles. The van der Waals surface area contributed by atoms with Gasteiger partial charge in [-0.25, -0.2) is 0 Å². The average molecular weight is 242 g/mol. The largest absolute Gasteiger partial charge is 0.497 e. The van der Waals surface area contributed by atoms with Gasteiger partial charge in [-0.15, -0.1) is 0 Å². The van der Waals surface area contributed by atoms with Crippen molar-refractivity contribution in [3.63, 3.8) is 0 Å². The summed E-state index contributed by atoms with van der Waals surface area (Å²) in [6.45, 7) is 3.20. The van der Waals surface area contributed by atoms with Crippen molar-refractivity contribution in [2.75, 3.05) is 7.11 Å². The van der Waals surface area contributed by atoms with Crippen LogP contribution in [0, 0.1) is 0 Å². The highest BCUT2D eigenvalue weighted by atomic mass is 16.5. The minimum absolute atomic E-state index is 0.470. The standard InChI is InChI=1S/C16H19NO/c1-13(15-8-4-3-5-9-15)17-12-14-7-6-10-16(11-14)18-2/h3-11,13,17H,12H2,1-2H3/p+1/t13-/m1/s1. The van der Waals surface area contributed by atoms with Crippen LogP contribution < -0.4 is 10.1 Å². The summed E-state index contributed by atoms with van der Waals surface area (Å²) in [6, 6.07) is 19.3. The minimum atomic E-state index is 0.470. The first kappa shape index (κ1) is 12.7. The van der Waals surface area contributed by atoms with E-state index in [4.69, 9.17) is 4.74 Å². The van der Waals surface area contributed by atoms with Crippen LogP contribution in [-0.4, -0.2) is 7.11 Å². The first-order chi connectivity index (χ1) is 8.79. The van der Waals surface area contributed by atoms with Crippen LogP contribution in [0.4, 0.5) is 0 Å². The van der Waals surface area contributed by atoms with Crippen molar-refractivity contribution in [1.29, 1.82) is 0 Å². The number of nitrogens with two attached hydrogens (primary N) is 1. The number of methoxy groups -OCH3 is 1. The fourth-order valence-corrected chi connectivity index (χ4v) is 2.00. The molecule has 18 heavy (non-hydrogen) atoms. The molecule has 0 saturated heterocycles. The van der Waals surface area contributed by atoms with E-state index >= 15 is 0 Å². The summed E-state index contributed by atoms with van der Waals surface area (Å²) in [5.74, 6) is 0.924. The van der Waals surface area contributed by atoms with Crippen LogP contribution in [0.25, 0.3) is 0 Å². The maximum absolute atomic E-state index is 5.23. The van der Waals surface area contributed by atoms with Crippen LogP contribution >= 0.6 is 0 Å². The molecule has 2 heteroatoms. The van der Waals surface area contributed by atoms with Gasteiger partial charge in [0.25, 0.3) is 0 Å². The average Bonchev–Trinajstić information content (AvgIpc) is 2.46. The summed E-state index contributed by atoms with van der Waals surface area (Å²) < 4.78 is 5.23. The lowest BCUT2D eigenvalue weighted by molar-refractivity contribution is -0.707. The van der Waals surface area contributed by atoms with Crippen LogP contribution in [0.3, 0.4) is 0 Å². The monoisotopic (exact) mass is 242 g/mol. The number of hydrogen-bond acceptors (Lipinski definition) is 1. The Bertz CT molecular complexity index is 481. The molecule has 2 N–H and O–H groups in total. The lowest BCUT2D eigenvalue weighted by Crippen LogP contribution is -2.83. The molecular weight excluding hydrogens is 222 g/mol. The quantitative estimate of drug-likeness (QED) is 0.856. The molecular formula is C16H20NO+. The van der Waals surface area contributed by atoms with E-state index in [1.54, 1.807) is 7.11 Å². The van der Waals surface area contributed by atoms with Crippen molar-refractivity contribution in [3.05, 3.63) is 65.7 Å². The molecule has 0 fully saturated rings. The summed E-state index contributed by atoms with van der Waals surface area (Å²) >= 11 is 0. The molecule has 0 radical (unpaired) electrons. The number of quaternary nitrogens is 1. The smallest absolute Gasteiger partial charge is 0.119 e. The molecule has 0 aromatic heterocycles. The van der Waals surface area contributed by atoms with Crippen molar-refractivity contribution >= 4 is 0 Å². The lowest BCUT2D eigenvalue weighted by atomic mass is 10.1. The van der Waals surface area contributed by atoms with E-state index in [0.29, 0.717) is 6.04 Å². The van der Waals surface area contributed by atoms with Crippen LogP contribution in [0.15, 0.2) is 54.6 Å². The molecule has 94 valence electrons. The Morgan fingerprint density at radius 3 is 2.56 bits per heavy atom. The van der Waals surface area contributed by atoms with Gasteiger partial charge < -0.3 is 10.1 Å². The molecule has 2 aromatic carbocycles. The van der Waals surface area contributed by atoms with Gasteiger partial charge in [0.15, 0.2) is 0 Å². The Hall–Kier alpha value is -1.80. The predicted octanol–water partition coefficient (Wildman–Crippen LogP) is 2.52. The molecule has 0 amide bonds. The van der Waals surface area contributed by atoms with Gasteiger partial charge in [-0.3, -0.25) is 0 Å². The zero-order chi connectivity index (χ0) is 12.8. The van der Waals surface area contributed by atoms with Crippen LogP contribution in [0.2, 0.25) is 0 Å². The maximum Gasteiger partial charge on any atom is 0.119 e. The summed E-state index contributed by atoms with van der Waals surface area (Å²) in [5, 5.41) is 2.34. The summed E-state index contributed by atoms with van der Waals surface area (Å²) in [5.41, 5.74) is 2.65. The topological polar surface area (TPSA) is 25.8 Å². The van der Waals surface area contributed by atoms with Crippen LogP contribution in [0.5, 0.6) is 5.75 Å². The molecule has 0 aliphatic heterocycles. The molecule has 0 bridgehead atoms. The highest BCUT2D eigenvalue weighted by molar-refractivity contribution is 5.27. The van der Waals surface area contributed by atoms with Crippen LogP contribution in [0.1, 0.15) is 24.1 Å². The third kappa shape index (κ3) is 3.34. The molecule has 0 unspecified atom stereocenters.